The number of amides is 1. The molecule has 0 saturated heterocycles. The molecule has 0 aliphatic rings. The Balaban J connectivity index is 1.25. The van der Waals surface area contributed by atoms with E-state index in [0.717, 1.165) is 39.6 Å². The number of carbonyl (C=O) groups is 1. The maximum absolute atomic E-state index is 13.0. The van der Waals surface area contributed by atoms with Crippen LogP contribution in [0.2, 0.25) is 0 Å². The molecule has 2 heterocycles. The molecule has 2 aromatic heterocycles. The quantitative estimate of drug-likeness (QED) is 0.282. The lowest BCUT2D eigenvalue weighted by molar-refractivity contribution is 0.0951. The van der Waals surface area contributed by atoms with Crippen LogP contribution in [-0.2, 0) is 18.8 Å². The first-order valence-corrected chi connectivity index (χ1v) is 12.2. The van der Waals surface area contributed by atoms with Crippen LogP contribution in [0.25, 0.3) is 11.0 Å². The minimum Gasteiger partial charge on any atom is -0.348 e. The minimum absolute atomic E-state index is 0.161. The van der Waals surface area contributed by atoms with Gasteiger partial charge in [0, 0.05) is 24.1 Å². The number of hydrogen-bond acceptors (Lipinski definition) is 4. The fourth-order valence-electron chi connectivity index (χ4n) is 3.76. The average molecular weight is 483 g/mol. The Morgan fingerprint density at radius 1 is 0.886 bits per heavy atom. The van der Waals surface area contributed by atoms with Gasteiger partial charge in [-0.05, 0) is 47.0 Å². The molecule has 3 aromatic carbocycles. The van der Waals surface area contributed by atoms with Crippen LogP contribution in [0.1, 0.15) is 27.0 Å². The van der Waals surface area contributed by atoms with Crippen molar-refractivity contribution >= 4 is 28.7 Å². The summed E-state index contributed by atoms with van der Waals surface area (Å²) >= 11 is 1.66. The van der Waals surface area contributed by atoms with Gasteiger partial charge in [-0.1, -0.05) is 66.4 Å². The number of thioether (sulfide) groups is 1. The van der Waals surface area contributed by atoms with Gasteiger partial charge >= 0.3 is 0 Å². The molecule has 0 unspecified atom stereocenters. The first-order chi connectivity index (χ1) is 17.2. The smallest absolute Gasteiger partial charge is 0.251 e. The summed E-state index contributed by atoms with van der Waals surface area (Å²) < 4.78 is 15.2. The Kier molecular flexibility index (Phi) is 6.86. The Labute approximate surface area is 207 Å². The Hall–Kier alpha value is -3.97. The molecule has 5 aromatic rings. The second-order valence-electron chi connectivity index (χ2n) is 8.13. The predicted molar refractivity (Wildman–Crippen MR) is 137 cm³/mol. The first kappa shape index (κ1) is 22.8. The molecule has 0 radical (unpaired) electrons. The summed E-state index contributed by atoms with van der Waals surface area (Å²) in [6.07, 6.45) is 3.62. The van der Waals surface area contributed by atoms with Crippen molar-refractivity contribution in [2.75, 3.05) is 0 Å². The fraction of sp³-hybridized carbons (Fsp3) is 0.107. The summed E-state index contributed by atoms with van der Waals surface area (Å²) in [7, 11) is 0. The van der Waals surface area contributed by atoms with Crippen LogP contribution < -0.4 is 5.32 Å². The lowest BCUT2D eigenvalue weighted by atomic mass is 10.1. The monoisotopic (exact) mass is 482 g/mol. The predicted octanol–water partition coefficient (Wildman–Crippen LogP) is 5.84. The number of nitrogens with one attached hydrogen (secondary N) is 1. The first-order valence-electron chi connectivity index (χ1n) is 11.2. The molecular formula is C28H23FN4OS. The van der Waals surface area contributed by atoms with Gasteiger partial charge in [-0.15, -0.1) is 0 Å². The van der Waals surface area contributed by atoms with Crippen LogP contribution in [0.15, 0.2) is 102 Å². The summed E-state index contributed by atoms with van der Waals surface area (Å²) in [6, 6.07) is 25.9. The van der Waals surface area contributed by atoms with Crippen molar-refractivity contribution < 1.29 is 9.18 Å². The van der Waals surface area contributed by atoms with Crippen molar-refractivity contribution in [2.45, 2.75) is 24.0 Å². The molecule has 5 nitrogen and oxygen atoms in total. The Morgan fingerprint density at radius 2 is 1.63 bits per heavy atom. The third-order valence-electron chi connectivity index (χ3n) is 5.65. The molecule has 1 N–H and O–H groups in total. The molecule has 0 saturated carbocycles. The number of aromatic nitrogens is 3. The number of rotatable bonds is 8. The maximum atomic E-state index is 13.0. The molecule has 0 bridgehead atoms. The fourth-order valence-corrected chi connectivity index (χ4v) is 4.73. The zero-order chi connectivity index (χ0) is 24.0. The zero-order valence-corrected chi connectivity index (χ0v) is 19.7. The third-order valence-corrected chi connectivity index (χ3v) is 6.70. The highest BCUT2D eigenvalue weighted by molar-refractivity contribution is 7.98. The van der Waals surface area contributed by atoms with Crippen LogP contribution in [0.3, 0.4) is 0 Å². The van der Waals surface area contributed by atoms with Crippen molar-refractivity contribution in [2.24, 2.45) is 0 Å². The largest absolute Gasteiger partial charge is 0.348 e. The molecule has 0 fully saturated rings. The molecule has 0 aliphatic carbocycles. The van der Waals surface area contributed by atoms with E-state index in [1.165, 1.54) is 17.7 Å². The third kappa shape index (κ3) is 5.58. The summed E-state index contributed by atoms with van der Waals surface area (Å²) in [5.74, 6) is 0.273. The second-order valence-corrected chi connectivity index (χ2v) is 9.07. The van der Waals surface area contributed by atoms with Gasteiger partial charge in [0.25, 0.3) is 5.91 Å². The van der Waals surface area contributed by atoms with Gasteiger partial charge in [-0.3, -0.25) is 9.78 Å². The van der Waals surface area contributed by atoms with Crippen LogP contribution >= 0.6 is 11.8 Å². The highest BCUT2D eigenvalue weighted by atomic mass is 32.2. The minimum atomic E-state index is -0.291. The van der Waals surface area contributed by atoms with E-state index >= 15 is 0 Å². The lowest BCUT2D eigenvalue weighted by Crippen LogP contribution is -2.22. The van der Waals surface area contributed by atoms with E-state index in [9.17, 15) is 9.18 Å². The van der Waals surface area contributed by atoms with Gasteiger partial charge in [0.05, 0.1) is 23.8 Å². The molecule has 0 atom stereocenters. The van der Waals surface area contributed by atoms with Crippen LogP contribution in [0, 0.1) is 5.82 Å². The number of carbonyl (C=O) groups excluding carboxylic acids is 1. The van der Waals surface area contributed by atoms with Gasteiger partial charge in [-0.25, -0.2) is 9.37 Å². The van der Waals surface area contributed by atoms with Crippen molar-refractivity contribution in [1.82, 2.24) is 19.9 Å². The van der Waals surface area contributed by atoms with Gasteiger partial charge in [0.15, 0.2) is 5.16 Å². The Bertz CT molecular complexity index is 1430. The van der Waals surface area contributed by atoms with E-state index in [4.69, 9.17) is 4.98 Å². The van der Waals surface area contributed by atoms with E-state index in [2.05, 4.69) is 27.0 Å². The van der Waals surface area contributed by atoms with Crippen molar-refractivity contribution in [1.29, 1.82) is 0 Å². The van der Waals surface area contributed by atoms with Crippen molar-refractivity contribution in [3.8, 4) is 0 Å². The van der Waals surface area contributed by atoms with Gasteiger partial charge in [0.2, 0.25) is 0 Å². The van der Waals surface area contributed by atoms with E-state index in [-0.39, 0.29) is 11.7 Å². The molecule has 5 rings (SSSR count). The number of imidazole rings is 1. The standard InChI is InChI=1S/C28H23FN4OS/c29-24-12-8-20(9-13-24)16-31-27(34)23-10-6-22(7-11-23)19-35-28-32-25-14-15-30-17-26(25)33(28)18-21-4-2-1-3-5-21/h1-15,17H,16,18-19H2,(H,31,34). The molecule has 7 heteroatoms. The second kappa shape index (κ2) is 10.5. The summed E-state index contributed by atoms with van der Waals surface area (Å²) in [5.41, 5.74) is 5.67. The highest BCUT2D eigenvalue weighted by Gasteiger charge is 2.13. The summed E-state index contributed by atoms with van der Waals surface area (Å²) in [4.78, 5) is 21.6. The molecule has 0 aliphatic heterocycles. The van der Waals surface area contributed by atoms with E-state index in [1.807, 2.05) is 54.7 Å². The molecule has 35 heavy (non-hydrogen) atoms. The van der Waals surface area contributed by atoms with E-state index in [1.54, 1.807) is 30.1 Å². The number of nitrogens with zero attached hydrogens (tertiary/aromatic N) is 3. The number of pyridine rings is 1. The van der Waals surface area contributed by atoms with Gasteiger partial charge in [0.1, 0.15) is 5.82 Å². The number of halogens is 1. The number of benzene rings is 3. The maximum Gasteiger partial charge on any atom is 0.251 e. The SMILES string of the molecule is O=C(NCc1ccc(F)cc1)c1ccc(CSc2nc3ccncc3n2Cc2ccccc2)cc1. The molecular weight excluding hydrogens is 459 g/mol. The highest BCUT2D eigenvalue weighted by Crippen LogP contribution is 2.27. The molecule has 0 spiro atoms. The van der Waals surface area contributed by atoms with E-state index in [0.29, 0.717) is 12.1 Å². The average Bonchev–Trinajstić information content (AvgIpc) is 3.25. The number of hydrogen-bond donors (Lipinski definition) is 1. The Morgan fingerprint density at radius 3 is 2.40 bits per heavy atom. The summed E-state index contributed by atoms with van der Waals surface area (Å²) in [5, 5.41) is 3.80. The van der Waals surface area contributed by atoms with Crippen LogP contribution in [0.4, 0.5) is 4.39 Å². The van der Waals surface area contributed by atoms with Crippen LogP contribution in [-0.4, -0.2) is 20.4 Å². The lowest BCUT2D eigenvalue weighted by Gasteiger charge is -2.09. The topological polar surface area (TPSA) is 59.8 Å². The van der Waals surface area contributed by atoms with Gasteiger partial charge < -0.3 is 9.88 Å². The molecule has 1 amide bonds. The van der Waals surface area contributed by atoms with Crippen molar-refractivity contribution in [3.63, 3.8) is 0 Å². The molecule has 174 valence electrons. The number of fused-ring (bicyclic) bond motifs is 1. The van der Waals surface area contributed by atoms with Gasteiger partial charge in [-0.2, -0.15) is 0 Å². The zero-order valence-electron chi connectivity index (χ0n) is 18.9. The normalized spacial score (nSPS) is 11.0. The van der Waals surface area contributed by atoms with E-state index < -0.39 is 0 Å². The summed E-state index contributed by atoms with van der Waals surface area (Å²) in [6.45, 7) is 1.07. The van der Waals surface area contributed by atoms with Crippen LogP contribution in [0.5, 0.6) is 0 Å². The van der Waals surface area contributed by atoms with Crippen molar-refractivity contribution in [3.05, 3.63) is 125 Å².